The molecule has 3 heteroatoms. The highest BCUT2D eigenvalue weighted by molar-refractivity contribution is 5.97. The largest absolute Gasteiger partial charge is 0.330 e. The van der Waals surface area contributed by atoms with Gasteiger partial charge in [-0.05, 0) is 39.1 Å². The molecule has 0 saturated heterocycles. The third kappa shape index (κ3) is 2.66. The highest BCUT2D eigenvalue weighted by atomic mass is 16.1. The number of nitrogens with zero attached hydrogens (tertiary/aromatic N) is 1. The van der Waals surface area contributed by atoms with E-state index in [1.165, 1.54) is 6.08 Å². The summed E-state index contributed by atoms with van der Waals surface area (Å²) in [6.07, 6.45) is 2.08. The number of hydrogen-bond acceptors (Lipinski definition) is 3. The Morgan fingerprint density at radius 1 is 1.50 bits per heavy atom. The second-order valence-corrected chi connectivity index (χ2v) is 3.55. The van der Waals surface area contributed by atoms with E-state index in [0.717, 1.165) is 13.1 Å². The average Bonchev–Trinajstić information content (AvgIpc) is 2.18. The van der Waals surface area contributed by atoms with E-state index in [4.69, 9.17) is 5.73 Å². The van der Waals surface area contributed by atoms with Crippen molar-refractivity contribution in [2.75, 3.05) is 19.6 Å². The normalized spacial score (nSPS) is 15.2. The molecule has 0 heterocycles. The second-order valence-electron chi connectivity index (χ2n) is 3.55. The molecule has 0 bridgehead atoms. The monoisotopic (exact) mass is 198 g/mol. The lowest BCUT2D eigenvalue weighted by atomic mass is 9.90. The van der Waals surface area contributed by atoms with Crippen LogP contribution in [0.1, 0.15) is 27.2 Å². The van der Waals surface area contributed by atoms with Gasteiger partial charge in [0, 0.05) is 0 Å². The quantitative estimate of drug-likeness (QED) is 0.625. The fraction of sp³-hybridized carbons (Fsp3) is 0.727. The van der Waals surface area contributed by atoms with Crippen molar-refractivity contribution in [1.29, 1.82) is 0 Å². The van der Waals surface area contributed by atoms with Crippen molar-refractivity contribution < 1.29 is 4.79 Å². The first-order chi connectivity index (χ1) is 6.56. The van der Waals surface area contributed by atoms with Gasteiger partial charge in [0.1, 0.15) is 0 Å². The molecule has 3 nitrogen and oxygen atoms in total. The molecular weight excluding hydrogens is 176 g/mol. The summed E-state index contributed by atoms with van der Waals surface area (Å²) < 4.78 is 0. The van der Waals surface area contributed by atoms with Gasteiger partial charge in [-0.25, -0.2) is 0 Å². The van der Waals surface area contributed by atoms with Gasteiger partial charge < -0.3 is 5.73 Å². The van der Waals surface area contributed by atoms with Gasteiger partial charge in [0.2, 0.25) is 0 Å². The van der Waals surface area contributed by atoms with Crippen LogP contribution in [-0.2, 0) is 4.79 Å². The predicted molar refractivity (Wildman–Crippen MR) is 60.2 cm³/mol. The molecule has 0 rings (SSSR count). The summed E-state index contributed by atoms with van der Waals surface area (Å²) >= 11 is 0. The van der Waals surface area contributed by atoms with Crippen LogP contribution in [0.25, 0.3) is 0 Å². The first-order valence-electron chi connectivity index (χ1n) is 5.18. The molecule has 0 aromatic carbocycles. The number of rotatable bonds is 7. The van der Waals surface area contributed by atoms with Crippen molar-refractivity contribution in [1.82, 2.24) is 4.90 Å². The van der Waals surface area contributed by atoms with Gasteiger partial charge in [0.05, 0.1) is 5.54 Å². The van der Waals surface area contributed by atoms with Crippen LogP contribution in [0.3, 0.4) is 0 Å². The van der Waals surface area contributed by atoms with Crippen LogP contribution < -0.4 is 5.73 Å². The van der Waals surface area contributed by atoms with Crippen molar-refractivity contribution in [3.8, 4) is 0 Å². The Morgan fingerprint density at radius 3 is 2.29 bits per heavy atom. The Kier molecular flexibility index (Phi) is 5.65. The van der Waals surface area contributed by atoms with E-state index >= 15 is 0 Å². The lowest BCUT2D eigenvalue weighted by Gasteiger charge is -2.38. The summed E-state index contributed by atoms with van der Waals surface area (Å²) in [5.74, 6) is 0.0617. The molecule has 82 valence electrons. The molecule has 0 aliphatic carbocycles. The number of carbonyl (C=O) groups excluding carboxylic acids is 1. The number of ketones is 1. The molecule has 0 amide bonds. The third-order valence-corrected chi connectivity index (χ3v) is 2.81. The van der Waals surface area contributed by atoms with Crippen molar-refractivity contribution in [2.45, 2.75) is 32.7 Å². The van der Waals surface area contributed by atoms with Crippen molar-refractivity contribution in [2.24, 2.45) is 5.73 Å². The summed E-state index contributed by atoms with van der Waals surface area (Å²) in [4.78, 5) is 13.9. The number of nitrogens with two attached hydrogens (primary N) is 1. The zero-order chi connectivity index (χ0) is 11.2. The zero-order valence-corrected chi connectivity index (χ0v) is 9.55. The van der Waals surface area contributed by atoms with Crippen LogP contribution in [0, 0.1) is 0 Å². The Bertz CT molecular complexity index is 199. The Balaban J connectivity index is 4.84. The standard InChI is InChI=1S/C11H22N2O/c1-5-10(14)11(4,8-9-12)13(6-2)7-3/h5H,1,6-9,12H2,2-4H3. The van der Waals surface area contributed by atoms with E-state index in [9.17, 15) is 4.79 Å². The van der Waals surface area contributed by atoms with Gasteiger partial charge >= 0.3 is 0 Å². The molecule has 0 aliphatic rings. The zero-order valence-electron chi connectivity index (χ0n) is 9.55. The second kappa shape index (κ2) is 5.94. The van der Waals surface area contributed by atoms with Gasteiger partial charge in [0.25, 0.3) is 0 Å². The van der Waals surface area contributed by atoms with Crippen LogP contribution in [-0.4, -0.2) is 35.9 Å². The first kappa shape index (κ1) is 13.3. The molecule has 0 aromatic heterocycles. The van der Waals surface area contributed by atoms with Gasteiger partial charge in [-0.3, -0.25) is 9.69 Å². The van der Waals surface area contributed by atoms with Crippen molar-refractivity contribution in [3.63, 3.8) is 0 Å². The molecule has 2 N–H and O–H groups in total. The van der Waals surface area contributed by atoms with Gasteiger partial charge in [-0.1, -0.05) is 20.4 Å². The summed E-state index contributed by atoms with van der Waals surface area (Å²) in [5.41, 5.74) is 5.07. The topological polar surface area (TPSA) is 46.3 Å². The Labute approximate surface area is 87.0 Å². The maximum atomic E-state index is 11.8. The predicted octanol–water partition coefficient (Wildman–Crippen LogP) is 1.19. The minimum Gasteiger partial charge on any atom is -0.330 e. The van der Waals surface area contributed by atoms with Gasteiger partial charge in [-0.2, -0.15) is 0 Å². The molecular formula is C11H22N2O. The van der Waals surface area contributed by atoms with Gasteiger partial charge in [0.15, 0.2) is 5.78 Å². The molecule has 0 aromatic rings. The van der Waals surface area contributed by atoms with Crippen LogP contribution in [0.15, 0.2) is 12.7 Å². The molecule has 14 heavy (non-hydrogen) atoms. The average molecular weight is 198 g/mol. The third-order valence-electron chi connectivity index (χ3n) is 2.81. The smallest absolute Gasteiger partial charge is 0.175 e. The highest BCUT2D eigenvalue weighted by Crippen LogP contribution is 2.20. The molecule has 0 saturated carbocycles. The Hall–Kier alpha value is -0.670. The molecule has 0 radical (unpaired) electrons. The molecule has 1 unspecified atom stereocenters. The summed E-state index contributed by atoms with van der Waals surface area (Å²) in [6.45, 7) is 11.8. The summed E-state index contributed by atoms with van der Waals surface area (Å²) in [6, 6.07) is 0. The first-order valence-corrected chi connectivity index (χ1v) is 5.18. The van der Waals surface area contributed by atoms with E-state index in [1.54, 1.807) is 0 Å². The van der Waals surface area contributed by atoms with Crippen LogP contribution >= 0.6 is 0 Å². The molecule has 0 spiro atoms. The SMILES string of the molecule is C=CC(=O)C(C)(CCN)N(CC)CC. The molecule has 0 fully saturated rings. The molecule has 0 aliphatic heterocycles. The fourth-order valence-electron chi connectivity index (χ4n) is 1.86. The minimum atomic E-state index is -0.472. The van der Waals surface area contributed by atoms with Crippen LogP contribution in [0.2, 0.25) is 0 Å². The van der Waals surface area contributed by atoms with Crippen molar-refractivity contribution in [3.05, 3.63) is 12.7 Å². The maximum Gasteiger partial charge on any atom is 0.175 e. The summed E-state index contributed by atoms with van der Waals surface area (Å²) in [7, 11) is 0. The lowest BCUT2D eigenvalue weighted by molar-refractivity contribution is -0.125. The van der Waals surface area contributed by atoms with Gasteiger partial charge in [-0.15, -0.1) is 0 Å². The van der Waals surface area contributed by atoms with E-state index in [-0.39, 0.29) is 5.78 Å². The Morgan fingerprint density at radius 2 is 2.00 bits per heavy atom. The van der Waals surface area contributed by atoms with E-state index in [2.05, 4.69) is 25.3 Å². The summed E-state index contributed by atoms with van der Waals surface area (Å²) in [5, 5.41) is 0. The minimum absolute atomic E-state index is 0.0617. The lowest BCUT2D eigenvalue weighted by Crippen LogP contribution is -2.52. The number of carbonyl (C=O) groups is 1. The van der Waals surface area contributed by atoms with E-state index < -0.39 is 5.54 Å². The molecule has 1 atom stereocenters. The van der Waals surface area contributed by atoms with Crippen LogP contribution in [0.4, 0.5) is 0 Å². The van der Waals surface area contributed by atoms with E-state index in [1.807, 2.05) is 6.92 Å². The maximum absolute atomic E-state index is 11.8. The fourth-order valence-corrected chi connectivity index (χ4v) is 1.86. The van der Waals surface area contributed by atoms with E-state index in [0.29, 0.717) is 13.0 Å². The van der Waals surface area contributed by atoms with Crippen molar-refractivity contribution >= 4 is 5.78 Å². The number of hydrogen-bond donors (Lipinski definition) is 1. The van der Waals surface area contributed by atoms with Crippen LogP contribution in [0.5, 0.6) is 0 Å². The number of likely N-dealkylation sites (N-methyl/N-ethyl adjacent to an activating group) is 1. The highest BCUT2D eigenvalue weighted by Gasteiger charge is 2.34.